The standard InChI is InChI=1S/C28H29ClN4O4/c1-28(2,3)37-27(36)33-19-7-5-16(12-19)24(33)26(35)31-18(14-30)10-15-4-8-20-21-13-17(29)6-9-23(21)32-25(34)22(20)11-15/h4,6,8-9,11,13,16,18-19,24H,5,7,10,12H2,1-3H3,(H,31,35)(H,32,34). The largest absolute Gasteiger partial charge is 0.444 e. The number of fused-ring (bicyclic) bond motifs is 5. The van der Waals surface area contributed by atoms with E-state index >= 15 is 0 Å². The molecule has 1 saturated carbocycles. The van der Waals surface area contributed by atoms with Gasteiger partial charge in [0, 0.05) is 33.8 Å². The zero-order valence-corrected chi connectivity index (χ0v) is 21.8. The van der Waals surface area contributed by atoms with Gasteiger partial charge in [-0.1, -0.05) is 23.7 Å². The number of ether oxygens (including phenoxy) is 1. The molecule has 1 aliphatic carbocycles. The van der Waals surface area contributed by atoms with Gasteiger partial charge in [-0.15, -0.1) is 0 Å². The summed E-state index contributed by atoms with van der Waals surface area (Å²) in [6.07, 6.45) is 2.21. The maximum absolute atomic E-state index is 13.3. The molecule has 4 atom stereocenters. The van der Waals surface area contributed by atoms with E-state index < -0.39 is 23.8 Å². The summed E-state index contributed by atoms with van der Waals surface area (Å²) in [7, 11) is 0. The van der Waals surface area contributed by atoms with E-state index in [0.717, 1.165) is 35.6 Å². The number of carbonyl (C=O) groups excluding carboxylic acids is 2. The maximum atomic E-state index is 13.3. The molecule has 4 unspecified atom stereocenters. The number of carbonyl (C=O) groups is 2. The Morgan fingerprint density at radius 1 is 1.19 bits per heavy atom. The van der Waals surface area contributed by atoms with E-state index in [-0.39, 0.29) is 29.8 Å². The van der Waals surface area contributed by atoms with Gasteiger partial charge >= 0.3 is 6.09 Å². The number of hydrogen-bond acceptors (Lipinski definition) is 5. The molecule has 2 bridgehead atoms. The number of pyridine rings is 1. The van der Waals surface area contributed by atoms with Crippen LogP contribution in [-0.4, -0.2) is 45.6 Å². The van der Waals surface area contributed by atoms with E-state index in [2.05, 4.69) is 16.4 Å². The predicted octanol–water partition coefficient (Wildman–Crippen LogP) is 4.67. The highest BCUT2D eigenvalue weighted by atomic mass is 35.5. The Bertz CT molecular complexity index is 1500. The molecule has 0 radical (unpaired) electrons. The highest BCUT2D eigenvalue weighted by Crippen LogP contribution is 2.43. The number of benzene rings is 2. The van der Waals surface area contributed by atoms with Crippen LogP contribution in [0.4, 0.5) is 4.79 Å². The number of nitrogens with zero attached hydrogens (tertiary/aromatic N) is 2. The van der Waals surface area contributed by atoms with Gasteiger partial charge in [0.25, 0.3) is 5.56 Å². The summed E-state index contributed by atoms with van der Waals surface area (Å²) in [5.74, 6) is -0.292. The van der Waals surface area contributed by atoms with E-state index in [4.69, 9.17) is 16.3 Å². The Labute approximate surface area is 219 Å². The highest BCUT2D eigenvalue weighted by Gasteiger charge is 2.52. The van der Waals surface area contributed by atoms with Crippen molar-refractivity contribution < 1.29 is 14.3 Å². The van der Waals surface area contributed by atoms with Crippen LogP contribution in [0.5, 0.6) is 0 Å². The molecule has 2 N–H and O–H groups in total. The van der Waals surface area contributed by atoms with Crippen molar-refractivity contribution in [3.05, 3.63) is 57.3 Å². The number of piperidine rings is 1. The number of aromatic amines is 1. The topological polar surface area (TPSA) is 115 Å². The summed E-state index contributed by atoms with van der Waals surface area (Å²) in [6, 6.07) is 11.4. The van der Waals surface area contributed by atoms with Crippen LogP contribution in [0.15, 0.2) is 41.2 Å². The van der Waals surface area contributed by atoms with Crippen molar-refractivity contribution in [3.8, 4) is 6.07 Å². The van der Waals surface area contributed by atoms with Crippen LogP contribution < -0.4 is 10.9 Å². The van der Waals surface area contributed by atoms with Crippen molar-refractivity contribution in [1.82, 2.24) is 15.2 Å². The smallest absolute Gasteiger partial charge is 0.411 e. The molecule has 192 valence electrons. The molecule has 3 aromatic rings. The zero-order valence-electron chi connectivity index (χ0n) is 21.0. The van der Waals surface area contributed by atoms with E-state index in [9.17, 15) is 19.6 Å². The van der Waals surface area contributed by atoms with E-state index in [1.165, 1.54) is 0 Å². The van der Waals surface area contributed by atoms with Crippen LogP contribution in [0.2, 0.25) is 5.02 Å². The van der Waals surface area contributed by atoms with Crippen LogP contribution in [0, 0.1) is 17.2 Å². The Kier molecular flexibility index (Phi) is 6.36. The molecule has 2 aliphatic rings. The van der Waals surface area contributed by atoms with Crippen molar-refractivity contribution in [3.63, 3.8) is 0 Å². The first-order valence-corrected chi connectivity index (χ1v) is 12.9. The van der Waals surface area contributed by atoms with E-state index in [1.807, 2.05) is 12.1 Å². The number of hydrogen-bond donors (Lipinski definition) is 2. The molecule has 2 fully saturated rings. The molecule has 0 spiro atoms. The molecular formula is C28H29ClN4O4. The molecule has 9 heteroatoms. The maximum Gasteiger partial charge on any atom is 0.411 e. The first-order chi connectivity index (χ1) is 17.5. The van der Waals surface area contributed by atoms with Crippen LogP contribution in [0.1, 0.15) is 45.6 Å². The van der Waals surface area contributed by atoms with E-state index in [1.54, 1.807) is 49.9 Å². The molecule has 2 aromatic carbocycles. The Balaban J connectivity index is 1.36. The molecular weight excluding hydrogens is 492 g/mol. The van der Waals surface area contributed by atoms with Gasteiger partial charge in [-0.05, 0) is 81.2 Å². The second kappa shape index (κ2) is 9.38. The highest BCUT2D eigenvalue weighted by molar-refractivity contribution is 6.31. The third-order valence-corrected chi connectivity index (χ3v) is 7.45. The molecule has 2 heterocycles. The number of H-pyrrole nitrogens is 1. The number of rotatable bonds is 4. The summed E-state index contributed by atoms with van der Waals surface area (Å²) in [4.78, 5) is 43.4. The number of nitriles is 1. The fraction of sp³-hybridized carbons (Fsp3) is 0.429. The Morgan fingerprint density at radius 2 is 1.97 bits per heavy atom. The summed E-state index contributed by atoms with van der Waals surface area (Å²) in [5, 5.41) is 15.3. The molecule has 37 heavy (non-hydrogen) atoms. The molecule has 2 amide bonds. The van der Waals surface area contributed by atoms with Crippen LogP contribution >= 0.6 is 11.6 Å². The Hall–Kier alpha value is -3.57. The molecule has 1 aliphatic heterocycles. The van der Waals surface area contributed by atoms with Crippen molar-refractivity contribution in [2.45, 2.75) is 70.2 Å². The van der Waals surface area contributed by atoms with Gasteiger partial charge in [0.2, 0.25) is 5.91 Å². The minimum absolute atomic E-state index is 0.0216. The van der Waals surface area contributed by atoms with Crippen molar-refractivity contribution in [2.24, 2.45) is 5.92 Å². The molecule has 5 rings (SSSR count). The average Bonchev–Trinajstić information content (AvgIpc) is 3.45. The summed E-state index contributed by atoms with van der Waals surface area (Å²) < 4.78 is 5.57. The number of amides is 2. The minimum atomic E-state index is -0.821. The van der Waals surface area contributed by atoms with Gasteiger partial charge < -0.3 is 15.0 Å². The monoisotopic (exact) mass is 520 g/mol. The molecule has 1 aromatic heterocycles. The van der Waals surface area contributed by atoms with E-state index in [0.29, 0.717) is 15.9 Å². The van der Waals surface area contributed by atoms with Gasteiger partial charge in [0.1, 0.15) is 17.7 Å². The Morgan fingerprint density at radius 3 is 2.70 bits per heavy atom. The number of nitrogens with one attached hydrogen (secondary N) is 2. The SMILES string of the molecule is CC(C)(C)OC(=O)N1C2CCC(C2)C1C(=O)NC(C#N)Cc1ccc2c(c1)c(=O)[nH]c1ccc(Cl)cc12. The van der Waals surface area contributed by atoms with Crippen LogP contribution in [0.25, 0.3) is 21.7 Å². The zero-order chi connectivity index (χ0) is 26.5. The third-order valence-electron chi connectivity index (χ3n) is 7.22. The van der Waals surface area contributed by atoms with Gasteiger partial charge in [0.15, 0.2) is 0 Å². The fourth-order valence-electron chi connectivity index (χ4n) is 5.70. The lowest BCUT2D eigenvalue weighted by Gasteiger charge is -2.35. The number of likely N-dealkylation sites (tertiary alicyclic amines) is 1. The lowest BCUT2D eigenvalue weighted by atomic mass is 9.97. The van der Waals surface area contributed by atoms with Gasteiger partial charge in [0.05, 0.1) is 6.07 Å². The van der Waals surface area contributed by atoms with Crippen LogP contribution in [-0.2, 0) is 16.0 Å². The average molecular weight is 521 g/mol. The van der Waals surface area contributed by atoms with Gasteiger partial charge in [-0.3, -0.25) is 14.5 Å². The first kappa shape index (κ1) is 25.1. The van der Waals surface area contributed by atoms with Crippen molar-refractivity contribution in [2.75, 3.05) is 0 Å². The summed E-state index contributed by atoms with van der Waals surface area (Å²) in [5.41, 5.74) is 0.527. The summed E-state index contributed by atoms with van der Waals surface area (Å²) in [6.45, 7) is 5.39. The first-order valence-electron chi connectivity index (χ1n) is 12.5. The van der Waals surface area contributed by atoms with Crippen molar-refractivity contribution >= 4 is 45.3 Å². The van der Waals surface area contributed by atoms with Gasteiger partial charge in [-0.25, -0.2) is 4.79 Å². The lowest BCUT2D eigenvalue weighted by molar-refractivity contribution is -0.128. The number of halogens is 1. The van der Waals surface area contributed by atoms with Crippen LogP contribution in [0.3, 0.4) is 0 Å². The lowest BCUT2D eigenvalue weighted by Crippen LogP contribution is -2.55. The molecule has 1 saturated heterocycles. The second-order valence-electron chi connectivity index (χ2n) is 11.0. The summed E-state index contributed by atoms with van der Waals surface area (Å²) >= 11 is 6.16. The van der Waals surface area contributed by atoms with Gasteiger partial charge in [-0.2, -0.15) is 5.26 Å². The quantitative estimate of drug-likeness (QED) is 0.485. The second-order valence-corrected chi connectivity index (χ2v) is 11.4. The van der Waals surface area contributed by atoms with Crippen molar-refractivity contribution in [1.29, 1.82) is 5.26 Å². The fourth-order valence-corrected chi connectivity index (χ4v) is 5.88. The third kappa shape index (κ3) is 4.88. The predicted molar refractivity (Wildman–Crippen MR) is 141 cm³/mol. The number of aromatic nitrogens is 1. The normalized spacial score (nSPS) is 21.7. The minimum Gasteiger partial charge on any atom is -0.444 e. The molecule has 8 nitrogen and oxygen atoms in total.